The van der Waals surface area contributed by atoms with Crippen LogP contribution in [0.2, 0.25) is 0 Å². The highest BCUT2D eigenvalue weighted by molar-refractivity contribution is 5.70. The third kappa shape index (κ3) is 17.0. The summed E-state index contributed by atoms with van der Waals surface area (Å²) in [7, 11) is 3.95. The average Bonchev–Trinajstić information content (AvgIpc) is 3.05. The molecule has 7 nitrogen and oxygen atoms in total. The molecule has 0 aromatic rings. The lowest BCUT2D eigenvalue weighted by atomic mass is 9.51. The molecular formula is C41H69NO6. The number of hydrogen-bond acceptors (Lipinski definition) is 7. The Morgan fingerprint density at radius 3 is 1.69 bits per heavy atom. The van der Waals surface area contributed by atoms with Gasteiger partial charge < -0.3 is 19.1 Å². The lowest BCUT2D eigenvalue weighted by molar-refractivity contribution is -0.155. The highest BCUT2D eigenvalue weighted by atomic mass is 16.6. The van der Waals surface area contributed by atoms with Crippen molar-refractivity contribution in [2.45, 2.75) is 142 Å². The molecule has 4 aliphatic carbocycles. The predicted octanol–water partition coefficient (Wildman–Crippen LogP) is 9.24. The number of ether oxygens (including phenoxy) is 3. The fourth-order valence-corrected chi connectivity index (χ4v) is 8.34. The fourth-order valence-electron chi connectivity index (χ4n) is 8.34. The summed E-state index contributed by atoms with van der Waals surface area (Å²) in [5.41, 5.74) is 0. The van der Waals surface area contributed by atoms with Gasteiger partial charge >= 0.3 is 17.9 Å². The van der Waals surface area contributed by atoms with Gasteiger partial charge in [-0.2, -0.15) is 0 Å². The van der Waals surface area contributed by atoms with E-state index in [4.69, 9.17) is 14.2 Å². The molecule has 0 heterocycles. The monoisotopic (exact) mass is 672 g/mol. The molecule has 0 N–H and O–H groups in total. The minimum absolute atomic E-state index is 0.0876. The van der Waals surface area contributed by atoms with Gasteiger partial charge in [-0.25, -0.2) is 0 Å². The molecule has 0 amide bonds. The molecule has 1 unspecified atom stereocenters. The van der Waals surface area contributed by atoms with Gasteiger partial charge in [-0.3, -0.25) is 14.4 Å². The molecule has 0 aromatic carbocycles. The molecule has 0 radical (unpaired) electrons. The molecule has 0 aliphatic heterocycles. The Kier molecular flexibility index (Phi) is 20.2. The second-order valence-corrected chi connectivity index (χ2v) is 15.5. The van der Waals surface area contributed by atoms with Gasteiger partial charge in [0.2, 0.25) is 0 Å². The summed E-state index contributed by atoms with van der Waals surface area (Å²) >= 11 is 0. The van der Waals surface area contributed by atoms with E-state index in [1.165, 1.54) is 77.0 Å². The third-order valence-electron chi connectivity index (χ3n) is 10.8. The van der Waals surface area contributed by atoms with Gasteiger partial charge in [-0.1, -0.05) is 69.8 Å². The van der Waals surface area contributed by atoms with Crippen LogP contribution >= 0.6 is 0 Å². The number of allylic oxidation sites excluding steroid dienone is 4. The molecule has 0 spiro atoms. The zero-order valence-electron chi connectivity index (χ0n) is 30.8. The van der Waals surface area contributed by atoms with Crippen LogP contribution in [-0.4, -0.2) is 63.3 Å². The van der Waals surface area contributed by atoms with Crippen LogP contribution in [0.4, 0.5) is 0 Å². The SMILES string of the molecule is CCCCC/C=C\C/C=C\CCCCCCCCC(=O)OCC(COC(=O)CCCN(C)C)COC(=O)CC1C2CC3CC(C2)CC1C3. The smallest absolute Gasteiger partial charge is 0.306 e. The molecule has 4 bridgehead atoms. The largest absolute Gasteiger partial charge is 0.465 e. The summed E-state index contributed by atoms with van der Waals surface area (Å²) in [6.45, 7) is 3.34. The molecule has 4 saturated carbocycles. The Hall–Kier alpha value is -2.15. The van der Waals surface area contributed by atoms with E-state index in [0.29, 0.717) is 37.0 Å². The Balaban J connectivity index is 1.27. The standard InChI is InChI=1S/C41H69NO6/c1-4-5-6-7-8-9-10-11-12-13-14-15-16-17-18-19-21-39(43)46-30-35(31-47-40(44)22-20-23-42(2)3)32-48-41(45)29-38-36-25-33-24-34(27-36)28-37(38)26-33/h8-9,11-12,33-38H,4-7,10,13-32H2,1-3H3/b9-8-,12-11-. The Bertz CT molecular complexity index is 946. The lowest BCUT2D eigenvalue weighted by Crippen LogP contribution is -2.45. The number of hydrogen-bond donors (Lipinski definition) is 0. The zero-order chi connectivity index (χ0) is 34.4. The van der Waals surface area contributed by atoms with E-state index in [-0.39, 0.29) is 43.6 Å². The Morgan fingerprint density at radius 1 is 0.625 bits per heavy atom. The highest BCUT2D eigenvalue weighted by Crippen LogP contribution is 2.57. The number of carbonyl (C=O) groups is 3. The summed E-state index contributed by atoms with van der Waals surface area (Å²) in [6.07, 6.45) is 31.5. The van der Waals surface area contributed by atoms with Crippen LogP contribution in [0.5, 0.6) is 0 Å². The van der Waals surface area contributed by atoms with Crippen molar-refractivity contribution in [2.24, 2.45) is 35.5 Å². The van der Waals surface area contributed by atoms with Crippen molar-refractivity contribution in [2.75, 3.05) is 40.5 Å². The first-order chi connectivity index (χ1) is 23.3. The molecule has 274 valence electrons. The molecule has 48 heavy (non-hydrogen) atoms. The van der Waals surface area contributed by atoms with E-state index in [9.17, 15) is 14.4 Å². The van der Waals surface area contributed by atoms with E-state index < -0.39 is 0 Å². The second kappa shape index (κ2) is 24.1. The topological polar surface area (TPSA) is 82.1 Å². The quantitative estimate of drug-likeness (QED) is 0.0373. The van der Waals surface area contributed by atoms with Crippen molar-refractivity contribution in [3.8, 4) is 0 Å². The van der Waals surface area contributed by atoms with Crippen LogP contribution in [0.1, 0.15) is 142 Å². The zero-order valence-corrected chi connectivity index (χ0v) is 30.8. The molecule has 0 saturated heterocycles. The van der Waals surface area contributed by atoms with Crippen LogP contribution in [0.15, 0.2) is 24.3 Å². The van der Waals surface area contributed by atoms with Crippen molar-refractivity contribution >= 4 is 17.9 Å². The van der Waals surface area contributed by atoms with Crippen molar-refractivity contribution < 1.29 is 28.6 Å². The van der Waals surface area contributed by atoms with Gasteiger partial charge in [0.25, 0.3) is 0 Å². The highest BCUT2D eigenvalue weighted by Gasteiger charge is 2.48. The van der Waals surface area contributed by atoms with Gasteiger partial charge in [0.15, 0.2) is 0 Å². The van der Waals surface area contributed by atoms with Gasteiger partial charge in [0.1, 0.15) is 19.8 Å². The van der Waals surface area contributed by atoms with Gasteiger partial charge in [0, 0.05) is 19.3 Å². The number of rotatable bonds is 27. The Labute approximate surface area is 293 Å². The average molecular weight is 672 g/mol. The van der Waals surface area contributed by atoms with Gasteiger partial charge in [0.05, 0.1) is 5.92 Å². The predicted molar refractivity (Wildman–Crippen MR) is 193 cm³/mol. The Morgan fingerprint density at radius 2 is 1.12 bits per heavy atom. The first kappa shape index (κ1) is 40.3. The van der Waals surface area contributed by atoms with E-state index >= 15 is 0 Å². The maximum atomic E-state index is 12.9. The van der Waals surface area contributed by atoms with Crippen LogP contribution < -0.4 is 0 Å². The molecule has 0 aromatic heterocycles. The van der Waals surface area contributed by atoms with Crippen molar-refractivity contribution in [1.29, 1.82) is 0 Å². The van der Waals surface area contributed by atoms with E-state index in [0.717, 1.165) is 56.9 Å². The van der Waals surface area contributed by atoms with Gasteiger partial charge in [-0.05, 0) is 127 Å². The van der Waals surface area contributed by atoms with Crippen LogP contribution in [0.3, 0.4) is 0 Å². The van der Waals surface area contributed by atoms with Crippen LogP contribution in [0, 0.1) is 35.5 Å². The molecule has 4 aliphatic rings. The first-order valence-corrected chi connectivity index (χ1v) is 19.8. The van der Waals surface area contributed by atoms with Crippen molar-refractivity contribution in [1.82, 2.24) is 4.90 Å². The van der Waals surface area contributed by atoms with E-state index in [1.54, 1.807) is 0 Å². The fraction of sp³-hybridized carbons (Fsp3) is 0.829. The first-order valence-electron chi connectivity index (χ1n) is 19.8. The summed E-state index contributed by atoms with van der Waals surface area (Å²) in [4.78, 5) is 39.8. The van der Waals surface area contributed by atoms with Crippen LogP contribution in [-0.2, 0) is 28.6 Å². The van der Waals surface area contributed by atoms with E-state index in [1.807, 2.05) is 19.0 Å². The van der Waals surface area contributed by atoms with Crippen molar-refractivity contribution in [3.63, 3.8) is 0 Å². The maximum Gasteiger partial charge on any atom is 0.306 e. The van der Waals surface area contributed by atoms with Crippen molar-refractivity contribution in [3.05, 3.63) is 24.3 Å². The summed E-state index contributed by atoms with van der Waals surface area (Å²) in [6, 6.07) is 0. The summed E-state index contributed by atoms with van der Waals surface area (Å²) in [5.74, 6) is 2.53. The lowest BCUT2D eigenvalue weighted by Gasteiger charge is -2.54. The summed E-state index contributed by atoms with van der Waals surface area (Å²) in [5, 5.41) is 0. The molecule has 1 atom stereocenters. The number of unbranched alkanes of at least 4 members (excludes halogenated alkanes) is 9. The maximum absolute atomic E-state index is 12.9. The van der Waals surface area contributed by atoms with Gasteiger partial charge in [-0.15, -0.1) is 0 Å². The minimum Gasteiger partial charge on any atom is -0.465 e. The molecule has 4 rings (SSSR count). The number of esters is 3. The minimum atomic E-state index is -0.356. The summed E-state index contributed by atoms with van der Waals surface area (Å²) < 4.78 is 16.9. The molecule has 4 fully saturated rings. The molecular weight excluding hydrogens is 602 g/mol. The second-order valence-electron chi connectivity index (χ2n) is 15.5. The van der Waals surface area contributed by atoms with E-state index in [2.05, 4.69) is 31.2 Å². The number of carbonyl (C=O) groups excluding carboxylic acids is 3. The number of nitrogens with zero attached hydrogens (tertiary/aromatic N) is 1. The third-order valence-corrected chi connectivity index (χ3v) is 10.8. The molecule has 7 heteroatoms. The normalized spacial score (nSPS) is 23.7. The van der Waals surface area contributed by atoms with Crippen LogP contribution in [0.25, 0.3) is 0 Å².